The maximum atomic E-state index is 13.7. The van der Waals surface area contributed by atoms with E-state index in [2.05, 4.69) is 15.3 Å². The van der Waals surface area contributed by atoms with Crippen molar-refractivity contribution in [2.45, 2.75) is 16.6 Å². The van der Waals surface area contributed by atoms with Crippen LogP contribution in [0.3, 0.4) is 0 Å². The lowest BCUT2D eigenvalue weighted by Gasteiger charge is -2.31. The number of anilines is 2. The zero-order chi connectivity index (χ0) is 29.1. The number of carbonyl (C=O) groups excluding carboxylic acids is 1. The first-order valence-corrected chi connectivity index (χ1v) is 15.7. The molecular formula is C31H23ClN4O4S2. The zero-order valence-electron chi connectivity index (χ0n) is 22.0. The Hall–Kier alpha value is -4.38. The number of para-hydroxylation sites is 1. The van der Waals surface area contributed by atoms with Crippen LogP contribution in [0.25, 0.3) is 11.3 Å². The summed E-state index contributed by atoms with van der Waals surface area (Å²) in [7, 11) is -3.95. The van der Waals surface area contributed by atoms with E-state index in [9.17, 15) is 13.2 Å². The summed E-state index contributed by atoms with van der Waals surface area (Å²) in [5.74, 6) is 1.13. The number of nitrogens with zero attached hydrogens (tertiary/aromatic N) is 3. The van der Waals surface area contributed by atoms with Gasteiger partial charge in [-0.05, 0) is 60.2 Å². The highest BCUT2D eigenvalue weighted by Crippen LogP contribution is 2.44. The van der Waals surface area contributed by atoms with E-state index in [1.165, 1.54) is 10.5 Å². The molecule has 2 heterocycles. The van der Waals surface area contributed by atoms with Crippen LogP contribution in [0.1, 0.15) is 5.56 Å². The molecule has 0 saturated heterocycles. The highest BCUT2D eigenvalue weighted by molar-refractivity contribution is 7.99. The van der Waals surface area contributed by atoms with Crippen molar-refractivity contribution in [3.63, 3.8) is 0 Å². The Kier molecular flexibility index (Phi) is 7.84. The molecule has 11 heteroatoms. The molecule has 0 aliphatic carbocycles. The zero-order valence-corrected chi connectivity index (χ0v) is 24.4. The van der Waals surface area contributed by atoms with E-state index in [0.29, 0.717) is 27.7 Å². The summed E-state index contributed by atoms with van der Waals surface area (Å²) < 4.78 is 34.5. The van der Waals surface area contributed by atoms with Gasteiger partial charge in [0.1, 0.15) is 16.4 Å². The van der Waals surface area contributed by atoms with Gasteiger partial charge in [0.2, 0.25) is 5.91 Å². The predicted molar refractivity (Wildman–Crippen MR) is 165 cm³/mol. The number of rotatable bonds is 8. The summed E-state index contributed by atoms with van der Waals surface area (Å²) in [6, 6.07) is 30.8. The van der Waals surface area contributed by atoms with Crippen LogP contribution in [-0.4, -0.2) is 30.0 Å². The Morgan fingerprint density at radius 1 is 0.905 bits per heavy atom. The highest BCUT2D eigenvalue weighted by Gasteiger charge is 2.37. The van der Waals surface area contributed by atoms with E-state index < -0.39 is 10.0 Å². The summed E-state index contributed by atoms with van der Waals surface area (Å²) in [6.45, 7) is 0.146. The molecular weight excluding hydrogens is 592 g/mol. The lowest BCUT2D eigenvalue weighted by Crippen LogP contribution is -2.34. The second-order valence-corrected chi connectivity index (χ2v) is 12.5. The number of thioether (sulfide) groups is 1. The van der Waals surface area contributed by atoms with Crippen molar-refractivity contribution in [2.24, 2.45) is 0 Å². The van der Waals surface area contributed by atoms with Crippen LogP contribution in [0, 0.1) is 0 Å². The highest BCUT2D eigenvalue weighted by atomic mass is 35.5. The molecule has 210 valence electrons. The summed E-state index contributed by atoms with van der Waals surface area (Å²) in [5.41, 5.74) is 2.75. The molecule has 0 saturated carbocycles. The number of sulfonamides is 1. The van der Waals surface area contributed by atoms with Crippen LogP contribution in [0.15, 0.2) is 119 Å². The van der Waals surface area contributed by atoms with Gasteiger partial charge in [0.05, 0.1) is 29.9 Å². The first kappa shape index (κ1) is 27.8. The summed E-state index contributed by atoms with van der Waals surface area (Å²) in [5, 5.41) is 3.56. The summed E-state index contributed by atoms with van der Waals surface area (Å²) >= 11 is 7.42. The van der Waals surface area contributed by atoms with Crippen LogP contribution >= 0.6 is 23.4 Å². The molecule has 1 aliphatic heterocycles. The lowest BCUT2D eigenvalue weighted by molar-refractivity contribution is -0.113. The van der Waals surface area contributed by atoms with Crippen molar-refractivity contribution < 1.29 is 17.9 Å². The number of nitrogens with one attached hydrogen (secondary N) is 1. The number of benzene rings is 4. The van der Waals surface area contributed by atoms with Gasteiger partial charge >= 0.3 is 0 Å². The molecule has 5 aromatic rings. The van der Waals surface area contributed by atoms with Gasteiger partial charge < -0.3 is 10.1 Å². The maximum Gasteiger partial charge on any atom is 0.268 e. The van der Waals surface area contributed by atoms with Crippen molar-refractivity contribution in [2.75, 3.05) is 15.4 Å². The first-order chi connectivity index (χ1) is 20.4. The Bertz CT molecular complexity index is 1860. The number of ether oxygens (including phenoxy) is 1. The molecule has 1 N–H and O–H groups in total. The molecule has 0 unspecified atom stereocenters. The Morgan fingerprint density at radius 2 is 1.60 bits per heavy atom. The average Bonchev–Trinajstić information content (AvgIpc) is 3.00. The minimum Gasteiger partial charge on any atom is -0.457 e. The molecule has 1 amide bonds. The number of aromatic nitrogens is 2. The maximum absolute atomic E-state index is 13.7. The molecule has 6 rings (SSSR count). The van der Waals surface area contributed by atoms with Crippen molar-refractivity contribution >= 4 is 50.7 Å². The number of amides is 1. The Morgan fingerprint density at radius 3 is 2.33 bits per heavy atom. The van der Waals surface area contributed by atoms with Crippen LogP contribution < -0.4 is 14.4 Å². The van der Waals surface area contributed by atoms with Crippen LogP contribution in [0.2, 0.25) is 5.02 Å². The van der Waals surface area contributed by atoms with Crippen molar-refractivity contribution in [3.05, 3.63) is 120 Å². The molecule has 4 aromatic carbocycles. The second kappa shape index (κ2) is 11.8. The fourth-order valence-electron chi connectivity index (χ4n) is 4.45. The molecule has 1 aliphatic rings. The van der Waals surface area contributed by atoms with Crippen LogP contribution in [0.4, 0.5) is 11.4 Å². The minimum atomic E-state index is -3.95. The molecule has 0 spiro atoms. The van der Waals surface area contributed by atoms with Crippen LogP contribution in [0.5, 0.6) is 11.5 Å². The smallest absolute Gasteiger partial charge is 0.268 e. The van der Waals surface area contributed by atoms with Crippen LogP contribution in [-0.2, 0) is 21.4 Å². The predicted octanol–water partition coefficient (Wildman–Crippen LogP) is 7.03. The monoisotopic (exact) mass is 614 g/mol. The normalized spacial score (nSPS) is 13.1. The van der Waals surface area contributed by atoms with E-state index in [-0.39, 0.29) is 34.0 Å². The number of carbonyl (C=O) groups is 1. The fourth-order valence-corrected chi connectivity index (χ4v) is 6.79. The number of hydrogen-bond donors (Lipinski definition) is 1. The van der Waals surface area contributed by atoms with Gasteiger partial charge in [0, 0.05) is 16.3 Å². The van der Waals surface area contributed by atoms with E-state index in [4.69, 9.17) is 16.3 Å². The van der Waals surface area contributed by atoms with E-state index in [1.807, 2.05) is 60.7 Å². The minimum absolute atomic E-state index is 0.0141. The third-order valence-electron chi connectivity index (χ3n) is 6.40. The van der Waals surface area contributed by atoms with Gasteiger partial charge in [-0.3, -0.25) is 9.10 Å². The number of hydrogen-bond acceptors (Lipinski definition) is 7. The topological polar surface area (TPSA) is 101 Å². The van der Waals surface area contributed by atoms with Crippen molar-refractivity contribution in [3.8, 4) is 22.8 Å². The van der Waals surface area contributed by atoms with Gasteiger partial charge in [-0.2, -0.15) is 0 Å². The number of fused-ring (bicyclic) bond motifs is 3. The standard InChI is InChI=1S/C31H23ClN4O4S2/c32-22-11-16-27-26(17-22)30-28(42(38,39)36(27)19-21-7-3-1-4-8-21)18-33-31(35-30)41-20-29(37)34-23-12-14-25(15-13-23)40-24-9-5-2-6-10-24/h1-18H,19-20H2,(H,34,37). The van der Waals surface area contributed by atoms with Gasteiger partial charge in [-0.25, -0.2) is 18.4 Å². The second-order valence-electron chi connectivity index (χ2n) is 9.30. The SMILES string of the molecule is O=C(CSc1ncc2c(n1)-c1cc(Cl)ccc1N(Cc1ccccc1)S2(=O)=O)Nc1ccc(Oc2ccccc2)cc1. The lowest BCUT2D eigenvalue weighted by atomic mass is 10.1. The molecule has 1 aromatic heterocycles. The first-order valence-electron chi connectivity index (χ1n) is 12.9. The Balaban J connectivity index is 1.17. The molecule has 8 nitrogen and oxygen atoms in total. The van der Waals surface area contributed by atoms with E-state index in [1.54, 1.807) is 42.5 Å². The molecule has 0 atom stereocenters. The third-order valence-corrected chi connectivity index (χ3v) is 9.26. The van der Waals surface area contributed by atoms with E-state index >= 15 is 0 Å². The van der Waals surface area contributed by atoms with Gasteiger partial charge in [0.15, 0.2) is 5.16 Å². The molecule has 42 heavy (non-hydrogen) atoms. The molecule has 0 bridgehead atoms. The summed E-state index contributed by atoms with van der Waals surface area (Å²) in [6.07, 6.45) is 1.30. The Labute approximate surface area is 252 Å². The van der Waals surface area contributed by atoms with Gasteiger partial charge in [-0.15, -0.1) is 0 Å². The quantitative estimate of drug-likeness (QED) is 0.148. The largest absolute Gasteiger partial charge is 0.457 e. The van der Waals surface area contributed by atoms with Gasteiger partial charge in [-0.1, -0.05) is 71.9 Å². The third kappa shape index (κ3) is 5.96. The number of halogens is 1. The van der Waals surface area contributed by atoms with E-state index in [0.717, 1.165) is 23.1 Å². The van der Waals surface area contributed by atoms with Crippen molar-refractivity contribution in [1.82, 2.24) is 9.97 Å². The fraction of sp³-hybridized carbons (Fsp3) is 0.0645. The molecule has 0 fully saturated rings. The molecule has 0 radical (unpaired) electrons. The van der Waals surface area contributed by atoms with Crippen molar-refractivity contribution in [1.29, 1.82) is 0 Å². The summed E-state index contributed by atoms with van der Waals surface area (Å²) in [4.78, 5) is 21.5. The average molecular weight is 615 g/mol. The van der Waals surface area contributed by atoms with Gasteiger partial charge in [0.25, 0.3) is 10.0 Å².